The lowest BCUT2D eigenvalue weighted by molar-refractivity contribution is -0.115. The number of hydrogen-bond acceptors (Lipinski definition) is 4. The minimum atomic E-state index is -0.0984. The molecule has 1 N–H and O–H groups in total. The van der Waals surface area contributed by atoms with Gasteiger partial charge in [-0.2, -0.15) is 5.10 Å². The maximum Gasteiger partial charge on any atom is 0.229 e. The molecule has 1 heterocycles. The highest BCUT2D eigenvalue weighted by molar-refractivity contribution is 5.94. The minimum absolute atomic E-state index is 0.0984. The Bertz CT molecular complexity index is 751. The number of ether oxygens (including phenoxy) is 2. The molecule has 0 aliphatic rings. The number of hydrogen-bond donors (Lipinski definition) is 1. The number of carbonyl (C=O) groups is 1. The van der Waals surface area contributed by atoms with Crippen LogP contribution >= 0.6 is 0 Å². The minimum Gasteiger partial charge on any atom is -0.497 e. The van der Waals surface area contributed by atoms with Gasteiger partial charge in [-0.25, -0.2) is 0 Å². The number of nitrogens with one attached hydrogen (secondary N) is 1. The van der Waals surface area contributed by atoms with Gasteiger partial charge in [0.05, 0.1) is 32.0 Å². The zero-order valence-electron chi connectivity index (χ0n) is 15.8. The molecule has 0 atom stereocenters. The van der Waals surface area contributed by atoms with Gasteiger partial charge in [-0.3, -0.25) is 9.48 Å². The van der Waals surface area contributed by atoms with Gasteiger partial charge in [0.1, 0.15) is 11.5 Å². The molecule has 0 aliphatic carbocycles. The molecule has 0 fully saturated rings. The van der Waals surface area contributed by atoms with Gasteiger partial charge in [0.25, 0.3) is 0 Å². The highest BCUT2D eigenvalue weighted by Gasteiger charge is 2.17. The molecule has 2 aromatic rings. The molecule has 25 heavy (non-hydrogen) atoms. The third-order valence-corrected chi connectivity index (χ3v) is 4.09. The first-order valence-corrected chi connectivity index (χ1v) is 8.40. The van der Waals surface area contributed by atoms with E-state index in [4.69, 9.17) is 9.47 Å². The Balaban J connectivity index is 2.14. The number of methoxy groups -OCH3 is 2. The number of rotatable bonds is 7. The number of aryl methyl sites for hydroxylation is 1. The molecule has 1 amide bonds. The van der Waals surface area contributed by atoms with Gasteiger partial charge < -0.3 is 14.8 Å². The summed E-state index contributed by atoms with van der Waals surface area (Å²) in [6, 6.07) is 5.31. The van der Waals surface area contributed by atoms with E-state index in [1.807, 2.05) is 18.5 Å². The van der Waals surface area contributed by atoms with E-state index in [9.17, 15) is 4.79 Å². The van der Waals surface area contributed by atoms with Gasteiger partial charge >= 0.3 is 0 Å². The van der Waals surface area contributed by atoms with Gasteiger partial charge in [0, 0.05) is 23.9 Å². The molecule has 136 valence electrons. The van der Waals surface area contributed by atoms with Crippen molar-refractivity contribution in [1.82, 2.24) is 9.78 Å². The zero-order chi connectivity index (χ0) is 18.6. The van der Waals surface area contributed by atoms with Gasteiger partial charge in [0.15, 0.2) is 0 Å². The first-order chi connectivity index (χ1) is 11.8. The maximum absolute atomic E-state index is 12.5. The van der Waals surface area contributed by atoms with Crippen molar-refractivity contribution in [3.63, 3.8) is 0 Å². The van der Waals surface area contributed by atoms with E-state index in [1.54, 1.807) is 32.4 Å². The first kappa shape index (κ1) is 18.8. The molecule has 0 saturated carbocycles. The average Bonchev–Trinajstić information content (AvgIpc) is 2.82. The van der Waals surface area contributed by atoms with E-state index >= 15 is 0 Å². The summed E-state index contributed by atoms with van der Waals surface area (Å²) in [5, 5.41) is 7.47. The first-order valence-electron chi connectivity index (χ1n) is 8.40. The highest BCUT2D eigenvalue weighted by Crippen LogP contribution is 2.29. The monoisotopic (exact) mass is 345 g/mol. The number of amides is 1. The van der Waals surface area contributed by atoms with Crippen LogP contribution in [0.5, 0.6) is 11.5 Å². The van der Waals surface area contributed by atoms with E-state index in [0.29, 0.717) is 23.1 Å². The zero-order valence-corrected chi connectivity index (χ0v) is 15.8. The fraction of sp³-hybridized carbons (Fsp3) is 0.474. The molecular formula is C19H27N3O3. The van der Waals surface area contributed by atoms with Crippen molar-refractivity contribution in [2.75, 3.05) is 19.5 Å². The van der Waals surface area contributed by atoms with Gasteiger partial charge in [-0.15, -0.1) is 0 Å². The topological polar surface area (TPSA) is 65.4 Å². The Morgan fingerprint density at radius 3 is 2.56 bits per heavy atom. The summed E-state index contributed by atoms with van der Waals surface area (Å²) in [4.78, 5) is 12.5. The van der Waals surface area contributed by atoms with E-state index in [0.717, 1.165) is 23.5 Å². The fourth-order valence-electron chi connectivity index (χ4n) is 2.77. The number of benzene rings is 1. The predicted molar refractivity (Wildman–Crippen MR) is 98.4 cm³/mol. The maximum atomic E-state index is 12.5. The second kappa shape index (κ2) is 8.05. The normalized spacial score (nSPS) is 10.8. The van der Waals surface area contributed by atoms with Crippen molar-refractivity contribution >= 4 is 11.6 Å². The molecule has 0 bridgehead atoms. The van der Waals surface area contributed by atoms with Crippen molar-refractivity contribution in [1.29, 1.82) is 0 Å². The lowest BCUT2D eigenvalue weighted by atomic mass is 10.1. The number of carbonyl (C=O) groups excluding carboxylic acids is 1. The van der Waals surface area contributed by atoms with Crippen LogP contribution in [0.2, 0.25) is 0 Å². The summed E-state index contributed by atoms with van der Waals surface area (Å²) in [6.07, 6.45) is 0.283. The number of anilines is 1. The van der Waals surface area contributed by atoms with Crippen LogP contribution in [0.1, 0.15) is 30.8 Å². The van der Waals surface area contributed by atoms with Crippen LogP contribution < -0.4 is 14.8 Å². The lowest BCUT2D eigenvalue weighted by Gasteiger charge is -2.12. The second-order valence-electron chi connectivity index (χ2n) is 6.52. The summed E-state index contributed by atoms with van der Waals surface area (Å²) >= 11 is 0. The Hall–Kier alpha value is -2.50. The molecule has 6 nitrogen and oxygen atoms in total. The Labute approximate surface area is 149 Å². The van der Waals surface area contributed by atoms with Gasteiger partial charge in [0.2, 0.25) is 5.91 Å². The number of aromatic nitrogens is 2. The standard InChI is InChI=1S/C19H27N3O3/c1-12(2)11-22-14(4)16(13(3)21-22)10-19(23)20-17-8-7-15(24-5)9-18(17)25-6/h7-9,12H,10-11H2,1-6H3,(H,20,23). The summed E-state index contributed by atoms with van der Waals surface area (Å²) in [5.74, 6) is 1.65. The van der Waals surface area contributed by atoms with Gasteiger partial charge in [-0.05, 0) is 31.9 Å². The van der Waals surface area contributed by atoms with Crippen molar-refractivity contribution < 1.29 is 14.3 Å². The van der Waals surface area contributed by atoms with Crippen molar-refractivity contribution in [2.45, 2.75) is 40.7 Å². The van der Waals surface area contributed by atoms with Crippen LogP contribution in [0.4, 0.5) is 5.69 Å². The third-order valence-electron chi connectivity index (χ3n) is 4.09. The van der Waals surface area contributed by atoms with E-state index in [2.05, 4.69) is 24.3 Å². The van der Waals surface area contributed by atoms with Crippen LogP contribution in [-0.4, -0.2) is 29.9 Å². The van der Waals surface area contributed by atoms with Crippen molar-refractivity contribution in [2.24, 2.45) is 5.92 Å². The molecule has 1 aromatic heterocycles. The summed E-state index contributed by atoms with van der Waals surface area (Å²) in [5.41, 5.74) is 3.54. The van der Waals surface area contributed by atoms with E-state index < -0.39 is 0 Å². The van der Waals surface area contributed by atoms with Crippen LogP contribution in [0.3, 0.4) is 0 Å². The summed E-state index contributed by atoms with van der Waals surface area (Å²) < 4.78 is 12.5. The number of nitrogens with zero attached hydrogens (tertiary/aromatic N) is 2. The van der Waals surface area contributed by atoms with Crippen molar-refractivity contribution in [3.8, 4) is 11.5 Å². The third kappa shape index (κ3) is 4.53. The highest BCUT2D eigenvalue weighted by atomic mass is 16.5. The molecule has 0 aliphatic heterocycles. The smallest absolute Gasteiger partial charge is 0.229 e. The van der Waals surface area contributed by atoms with E-state index in [1.165, 1.54) is 0 Å². The summed E-state index contributed by atoms with van der Waals surface area (Å²) in [6.45, 7) is 9.11. The molecule has 1 aromatic carbocycles. The van der Waals surface area contributed by atoms with Crippen LogP contribution in [0, 0.1) is 19.8 Å². The van der Waals surface area contributed by atoms with Crippen LogP contribution in [0.15, 0.2) is 18.2 Å². The fourth-order valence-corrected chi connectivity index (χ4v) is 2.77. The average molecular weight is 345 g/mol. The Morgan fingerprint density at radius 2 is 1.96 bits per heavy atom. The van der Waals surface area contributed by atoms with Gasteiger partial charge in [-0.1, -0.05) is 13.8 Å². The Kier molecular flexibility index (Phi) is 6.07. The molecular weight excluding hydrogens is 318 g/mol. The molecule has 6 heteroatoms. The molecule has 0 spiro atoms. The quantitative estimate of drug-likeness (QED) is 0.836. The molecule has 0 saturated heterocycles. The Morgan fingerprint density at radius 1 is 1.24 bits per heavy atom. The largest absolute Gasteiger partial charge is 0.497 e. The lowest BCUT2D eigenvalue weighted by Crippen LogP contribution is -2.16. The second-order valence-corrected chi connectivity index (χ2v) is 6.52. The molecule has 0 unspecified atom stereocenters. The summed E-state index contributed by atoms with van der Waals surface area (Å²) in [7, 11) is 3.15. The van der Waals surface area contributed by atoms with Crippen LogP contribution in [0.25, 0.3) is 0 Å². The van der Waals surface area contributed by atoms with E-state index in [-0.39, 0.29) is 12.3 Å². The van der Waals surface area contributed by atoms with Crippen LogP contribution in [-0.2, 0) is 17.8 Å². The molecule has 0 radical (unpaired) electrons. The SMILES string of the molecule is COc1ccc(NC(=O)Cc2c(C)nn(CC(C)C)c2C)c(OC)c1. The predicted octanol–water partition coefficient (Wildman–Crippen LogP) is 3.35. The van der Waals surface area contributed by atoms with Crippen molar-refractivity contribution in [3.05, 3.63) is 35.2 Å². The molecule has 2 rings (SSSR count).